The largest absolute Gasteiger partial charge is 0.330 e. The minimum Gasteiger partial charge on any atom is -0.330 e. The number of rotatable bonds is 7. The highest BCUT2D eigenvalue weighted by Crippen LogP contribution is 2.28. The molecular weight excluding hydrogens is 394 g/mol. The summed E-state index contributed by atoms with van der Waals surface area (Å²) in [6.07, 6.45) is 0. The highest BCUT2D eigenvalue weighted by Gasteiger charge is 2.09. The first-order valence-electron chi connectivity index (χ1n) is 8.45. The number of nitrogens with zero attached hydrogens (tertiary/aromatic N) is 2. The molecule has 0 fully saturated rings. The molecule has 0 aliphatic heterocycles. The molecule has 3 aromatic rings. The number of aryl methyl sites for hydroxylation is 1. The van der Waals surface area contributed by atoms with Gasteiger partial charge in [-0.25, -0.2) is 0 Å². The van der Waals surface area contributed by atoms with E-state index >= 15 is 0 Å². The second kappa shape index (κ2) is 9.34. The van der Waals surface area contributed by atoms with Gasteiger partial charge in [0.05, 0.1) is 5.75 Å². The normalized spacial score (nSPS) is 10.4. The van der Waals surface area contributed by atoms with Crippen molar-refractivity contribution in [3.05, 3.63) is 54.1 Å². The van der Waals surface area contributed by atoms with Crippen LogP contribution in [0.25, 0.3) is 0 Å². The molecule has 1 heterocycles. The number of carbonyl (C=O) groups is 2. The lowest BCUT2D eigenvalue weighted by Gasteiger charge is -2.07. The van der Waals surface area contributed by atoms with Crippen molar-refractivity contribution in [1.82, 2.24) is 10.2 Å². The van der Waals surface area contributed by atoms with Crippen LogP contribution in [0.4, 0.5) is 22.2 Å². The molecule has 3 rings (SSSR count). The first-order valence-corrected chi connectivity index (χ1v) is 10.3. The van der Waals surface area contributed by atoms with Crippen molar-refractivity contribution in [1.29, 1.82) is 0 Å². The van der Waals surface area contributed by atoms with E-state index in [1.165, 1.54) is 35.6 Å². The van der Waals surface area contributed by atoms with Gasteiger partial charge in [0.2, 0.25) is 16.9 Å². The smallest absolute Gasteiger partial charge is 0.234 e. The van der Waals surface area contributed by atoms with Crippen LogP contribution in [0.3, 0.4) is 0 Å². The predicted molar refractivity (Wildman–Crippen MR) is 114 cm³/mol. The van der Waals surface area contributed by atoms with Gasteiger partial charge in [-0.2, -0.15) is 0 Å². The van der Waals surface area contributed by atoms with E-state index in [2.05, 4.69) is 26.1 Å². The Labute approximate surface area is 171 Å². The molecule has 3 N–H and O–H groups in total. The van der Waals surface area contributed by atoms with Gasteiger partial charge in [0.25, 0.3) is 0 Å². The molecule has 0 aliphatic carbocycles. The molecule has 0 saturated carbocycles. The van der Waals surface area contributed by atoms with E-state index in [9.17, 15) is 9.59 Å². The van der Waals surface area contributed by atoms with Crippen LogP contribution >= 0.6 is 23.1 Å². The summed E-state index contributed by atoms with van der Waals surface area (Å²) in [6, 6.07) is 15.0. The van der Waals surface area contributed by atoms with Crippen LogP contribution in [-0.2, 0) is 9.59 Å². The third kappa shape index (κ3) is 6.07. The van der Waals surface area contributed by atoms with E-state index in [0.29, 0.717) is 20.8 Å². The molecule has 144 valence electrons. The Kier molecular flexibility index (Phi) is 6.62. The topological polar surface area (TPSA) is 96.0 Å². The van der Waals surface area contributed by atoms with E-state index in [0.717, 1.165) is 5.69 Å². The predicted octanol–water partition coefficient (Wildman–Crippen LogP) is 4.28. The molecule has 7 nitrogen and oxygen atoms in total. The van der Waals surface area contributed by atoms with Crippen LogP contribution in [0.2, 0.25) is 0 Å². The highest BCUT2D eigenvalue weighted by molar-refractivity contribution is 8.01. The van der Waals surface area contributed by atoms with Crippen molar-refractivity contribution in [2.24, 2.45) is 0 Å². The maximum absolute atomic E-state index is 12.2. The van der Waals surface area contributed by atoms with Gasteiger partial charge in [-0.05, 0) is 37.3 Å². The Morgan fingerprint density at radius 1 is 1.00 bits per heavy atom. The van der Waals surface area contributed by atoms with Crippen molar-refractivity contribution < 1.29 is 9.59 Å². The zero-order valence-electron chi connectivity index (χ0n) is 15.4. The van der Waals surface area contributed by atoms with Gasteiger partial charge >= 0.3 is 0 Å². The maximum Gasteiger partial charge on any atom is 0.234 e. The molecule has 0 bridgehead atoms. The number of nitrogens with one attached hydrogen (secondary N) is 3. The van der Waals surface area contributed by atoms with E-state index in [1.54, 1.807) is 24.3 Å². The summed E-state index contributed by atoms with van der Waals surface area (Å²) in [5.41, 5.74) is 3.38. The third-order valence-electron chi connectivity index (χ3n) is 3.50. The lowest BCUT2D eigenvalue weighted by atomic mass is 10.2. The quantitative estimate of drug-likeness (QED) is 0.500. The lowest BCUT2D eigenvalue weighted by molar-refractivity contribution is -0.114. The summed E-state index contributed by atoms with van der Waals surface area (Å²) in [6.45, 7) is 3.47. The van der Waals surface area contributed by atoms with Gasteiger partial charge in [-0.3, -0.25) is 9.59 Å². The van der Waals surface area contributed by atoms with Gasteiger partial charge in [0.1, 0.15) is 0 Å². The zero-order chi connectivity index (χ0) is 19.9. The van der Waals surface area contributed by atoms with Crippen molar-refractivity contribution in [3.63, 3.8) is 0 Å². The summed E-state index contributed by atoms with van der Waals surface area (Å²) in [4.78, 5) is 23.3. The van der Waals surface area contributed by atoms with E-state index in [4.69, 9.17) is 0 Å². The van der Waals surface area contributed by atoms with Gasteiger partial charge in [0, 0.05) is 24.0 Å². The Morgan fingerprint density at radius 2 is 1.71 bits per heavy atom. The monoisotopic (exact) mass is 413 g/mol. The van der Waals surface area contributed by atoms with Crippen LogP contribution in [0.15, 0.2) is 52.9 Å². The average molecular weight is 414 g/mol. The third-order valence-corrected chi connectivity index (χ3v) is 5.47. The minimum atomic E-state index is -0.162. The van der Waals surface area contributed by atoms with Gasteiger partial charge in [0.15, 0.2) is 4.34 Å². The van der Waals surface area contributed by atoms with Gasteiger partial charge in [-0.1, -0.05) is 46.9 Å². The second-order valence-corrected chi connectivity index (χ2v) is 8.16. The first-order chi connectivity index (χ1) is 13.5. The van der Waals surface area contributed by atoms with E-state index < -0.39 is 0 Å². The molecule has 1 aromatic heterocycles. The fraction of sp³-hybridized carbons (Fsp3) is 0.158. The Balaban J connectivity index is 1.50. The Bertz CT molecular complexity index is 972. The number of hydrogen-bond acceptors (Lipinski definition) is 7. The fourth-order valence-corrected chi connectivity index (χ4v) is 3.85. The number of aromatic nitrogens is 2. The Hall–Kier alpha value is -2.91. The Morgan fingerprint density at radius 3 is 2.43 bits per heavy atom. The van der Waals surface area contributed by atoms with Crippen LogP contribution in [-0.4, -0.2) is 27.8 Å². The molecule has 2 aromatic carbocycles. The second-order valence-electron chi connectivity index (χ2n) is 5.96. The molecule has 2 amide bonds. The van der Waals surface area contributed by atoms with Gasteiger partial charge < -0.3 is 16.0 Å². The molecule has 0 aliphatic rings. The zero-order valence-corrected chi connectivity index (χ0v) is 17.0. The summed E-state index contributed by atoms with van der Waals surface area (Å²) in [5, 5.41) is 17.6. The molecule has 0 atom stereocenters. The van der Waals surface area contributed by atoms with Crippen molar-refractivity contribution >= 4 is 57.1 Å². The van der Waals surface area contributed by atoms with Crippen LogP contribution in [0.1, 0.15) is 12.5 Å². The molecule has 0 unspecified atom stereocenters. The van der Waals surface area contributed by atoms with Crippen molar-refractivity contribution in [2.75, 3.05) is 21.7 Å². The van der Waals surface area contributed by atoms with E-state index in [1.807, 2.05) is 31.2 Å². The molecule has 0 saturated heterocycles. The number of anilines is 4. The fourth-order valence-electron chi connectivity index (χ4n) is 2.28. The molecule has 0 radical (unpaired) electrons. The number of benzene rings is 2. The molecule has 28 heavy (non-hydrogen) atoms. The standard InChI is InChI=1S/C19H19N5O2S2/c1-12-6-8-14(9-7-12)22-18-23-24-19(28-18)27-11-17(26)21-16-5-3-4-15(10-16)20-13(2)25/h3-10H,11H2,1-2H3,(H,20,25)(H,21,26)(H,22,23). The number of hydrogen-bond donors (Lipinski definition) is 3. The van der Waals surface area contributed by atoms with Crippen LogP contribution in [0, 0.1) is 6.92 Å². The molecule has 0 spiro atoms. The molecular formula is C19H19N5O2S2. The highest BCUT2D eigenvalue weighted by atomic mass is 32.2. The lowest BCUT2D eigenvalue weighted by Crippen LogP contribution is -2.14. The number of thioether (sulfide) groups is 1. The van der Waals surface area contributed by atoms with Crippen molar-refractivity contribution in [3.8, 4) is 0 Å². The summed E-state index contributed by atoms with van der Waals surface area (Å²) >= 11 is 2.71. The van der Waals surface area contributed by atoms with Crippen LogP contribution in [0.5, 0.6) is 0 Å². The van der Waals surface area contributed by atoms with Crippen LogP contribution < -0.4 is 16.0 Å². The SMILES string of the molecule is CC(=O)Nc1cccc(NC(=O)CSc2nnc(Nc3ccc(C)cc3)s2)c1. The molecule has 9 heteroatoms. The maximum atomic E-state index is 12.2. The van der Waals surface area contributed by atoms with E-state index in [-0.39, 0.29) is 17.6 Å². The first kappa shape index (κ1) is 19.8. The number of carbonyl (C=O) groups excluding carboxylic acids is 2. The average Bonchev–Trinajstić information content (AvgIpc) is 3.09. The minimum absolute atomic E-state index is 0.159. The van der Waals surface area contributed by atoms with Crippen molar-refractivity contribution in [2.45, 2.75) is 18.2 Å². The summed E-state index contributed by atoms with van der Waals surface area (Å²) in [5.74, 6) is -0.109. The van der Waals surface area contributed by atoms with Gasteiger partial charge in [-0.15, -0.1) is 10.2 Å². The number of amides is 2. The summed E-state index contributed by atoms with van der Waals surface area (Å²) in [7, 11) is 0. The summed E-state index contributed by atoms with van der Waals surface area (Å²) < 4.78 is 0.705.